The van der Waals surface area contributed by atoms with Crippen LogP contribution in [0, 0.1) is 0 Å². The monoisotopic (exact) mass is 360 g/mol. The van der Waals surface area contributed by atoms with Crippen molar-refractivity contribution < 1.29 is 9.53 Å². The summed E-state index contributed by atoms with van der Waals surface area (Å²) < 4.78 is 5.51. The SMILES string of the molecule is CN(CCCNC(=O)CCOc1cccc(Cl)c1)Cc1ccccc1. The molecule has 0 saturated carbocycles. The molecular formula is C20H25ClN2O2. The molecular weight excluding hydrogens is 336 g/mol. The number of hydrogen-bond donors (Lipinski definition) is 1. The maximum Gasteiger partial charge on any atom is 0.223 e. The molecule has 0 aliphatic rings. The van der Waals surface area contributed by atoms with Crippen molar-refractivity contribution in [3.05, 3.63) is 65.2 Å². The lowest BCUT2D eigenvalue weighted by atomic mass is 10.2. The van der Waals surface area contributed by atoms with Crippen molar-refractivity contribution in [3.63, 3.8) is 0 Å². The van der Waals surface area contributed by atoms with Crippen molar-refractivity contribution in [2.75, 3.05) is 26.7 Å². The Hall–Kier alpha value is -2.04. The largest absolute Gasteiger partial charge is 0.493 e. The van der Waals surface area contributed by atoms with Crippen LogP contribution in [0.15, 0.2) is 54.6 Å². The number of carbonyl (C=O) groups is 1. The van der Waals surface area contributed by atoms with E-state index >= 15 is 0 Å². The molecule has 0 fully saturated rings. The van der Waals surface area contributed by atoms with Gasteiger partial charge in [-0.1, -0.05) is 48.0 Å². The Labute approximate surface area is 154 Å². The Kier molecular flexibility index (Phi) is 8.29. The van der Waals surface area contributed by atoms with Crippen molar-refractivity contribution in [2.45, 2.75) is 19.4 Å². The molecule has 0 aromatic heterocycles. The standard InChI is InChI=1S/C20H25ClN2O2/c1-23(16-17-7-3-2-4-8-17)13-6-12-22-20(24)11-14-25-19-10-5-9-18(21)15-19/h2-5,7-10,15H,6,11-14,16H2,1H3,(H,22,24). The quantitative estimate of drug-likeness (QED) is 0.656. The first-order chi connectivity index (χ1) is 12.1. The minimum absolute atomic E-state index is 0.00717. The second kappa shape index (κ2) is 10.7. The molecule has 1 N–H and O–H groups in total. The lowest BCUT2D eigenvalue weighted by Crippen LogP contribution is -2.29. The van der Waals surface area contributed by atoms with Gasteiger partial charge in [0.25, 0.3) is 0 Å². The summed E-state index contributed by atoms with van der Waals surface area (Å²) in [6.07, 6.45) is 1.26. The highest BCUT2D eigenvalue weighted by molar-refractivity contribution is 6.30. The van der Waals surface area contributed by atoms with E-state index in [0.717, 1.165) is 19.5 Å². The third-order valence-corrected chi connectivity index (χ3v) is 3.96. The minimum Gasteiger partial charge on any atom is -0.493 e. The maximum atomic E-state index is 11.8. The van der Waals surface area contributed by atoms with E-state index in [1.165, 1.54) is 5.56 Å². The van der Waals surface area contributed by atoms with Gasteiger partial charge in [0.2, 0.25) is 5.91 Å². The number of halogens is 1. The molecule has 0 saturated heterocycles. The van der Waals surface area contributed by atoms with Crippen molar-refractivity contribution in [2.24, 2.45) is 0 Å². The molecule has 0 radical (unpaired) electrons. The Morgan fingerprint density at radius 1 is 1.16 bits per heavy atom. The van der Waals surface area contributed by atoms with Crippen LogP contribution in [0.4, 0.5) is 0 Å². The van der Waals surface area contributed by atoms with Crippen molar-refractivity contribution in [3.8, 4) is 5.75 Å². The first kappa shape index (κ1) is 19.3. The Morgan fingerprint density at radius 3 is 2.72 bits per heavy atom. The van der Waals surface area contributed by atoms with Gasteiger partial charge in [0, 0.05) is 18.1 Å². The fourth-order valence-electron chi connectivity index (χ4n) is 2.46. The van der Waals surface area contributed by atoms with E-state index < -0.39 is 0 Å². The van der Waals surface area contributed by atoms with Gasteiger partial charge in [-0.25, -0.2) is 0 Å². The summed E-state index contributed by atoms with van der Waals surface area (Å²) in [5.41, 5.74) is 1.30. The van der Waals surface area contributed by atoms with Gasteiger partial charge in [0.05, 0.1) is 13.0 Å². The van der Waals surface area contributed by atoms with Crippen LogP contribution in [0.5, 0.6) is 5.75 Å². The van der Waals surface area contributed by atoms with Gasteiger partial charge in [0.15, 0.2) is 0 Å². The molecule has 4 nitrogen and oxygen atoms in total. The molecule has 0 bridgehead atoms. The number of benzene rings is 2. The van der Waals surface area contributed by atoms with Crippen LogP contribution in [-0.4, -0.2) is 37.6 Å². The fourth-order valence-corrected chi connectivity index (χ4v) is 2.64. The predicted molar refractivity (Wildman–Crippen MR) is 102 cm³/mol. The summed E-state index contributed by atoms with van der Waals surface area (Å²) in [7, 11) is 2.09. The molecule has 0 aliphatic carbocycles. The van der Waals surface area contributed by atoms with E-state index in [0.29, 0.717) is 30.3 Å². The van der Waals surface area contributed by atoms with Crippen LogP contribution in [0.25, 0.3) is 0 Å². The third-order valence-electron chi connectivity index (χ3n) is 3.73. The molecule has 0 unspecified atom stereocenters. The van der Waals surface area contributed by atoms with Gasteiger partial charge < -0.3 is 15.0 Å². The molecule has 0 atom stereocenters. The average molecular weight is 361 g/mol. The van der Waals surface area contributed by atoms with Gasteiger partial charge in [-0.05, 0) is 43.8 Å². The molecule has 134 valence electrons. The maximum absolute atomic E-state index is 11.8. The van der Waals surface area contributed by atoms with Gasteiger partial charge >= 0.3 is 0 Å². The van der Waals surface area contributed by atoms with E-state index in [9.17, 15) is 4.79 Å². The molecule has 2 aromatic rings. The normalized spacial score (nSPS) is 10.7. The van der Waals surface area contributed by atoms with Crippen LogP contribution >= 0.6 is 11.6 Å². The zero-order valence-corrected chi connectivity index (χ0v) is 15.3. The first-order valence-electron chi connectivity index (χ1n) is 8.51. The lowest BCUT2D eigenvalue weighted by Gasteiger charge is -2.16. The van der Waals surface area contributed by atoms with E-state index in [2.05, 4.69) is 41.5 Å². The van der Waals surface area contributed by atoms with E-state index in [1.807, 2.05) is 18.2 Å². The second-order valence-corrected chi connectivity index (χ2v) is 6.42. The highest BCUT2D eigenvalue weighted by Gasteiger charge is 2.03. The summed E-state index contributed by atoms with van der Waals surface area (Å²) in [6.45, 7) is 2.88. The zero-order chi connectivity index (χ0) is 17.9. The summed E-state index contributed by atoms with van der Waals surface area (Å²) in [4.78, 5) is 14.1. The van der Waals surface area contributed by atoms with Crippen molar-refractivity contribution in [1.29, 1.82) is 0 Å². The van der Waals surface area contributed by atoms with Crippen LogP contribution in [0.3, 0.4) is 0 Å². The Balaban J connectivity index is 1.53. The topological polar surface area (TPSA) is 41.6 Å². The van der Waals surface area contributed by atoms with E-state index in [4.69, 9.17) is 16.3 Å². The number of nitrogens with zero attached hydrogens (tertiary/aromatic N) is 1. The predicted octanol–water partition coefficient (Wildman–Crippen LogP) is 3.75. The van der Waals surface area contributed by atoms with Gasteiger partial charge in [-0.2, -0.15) is 0 Å². The molecule has 0 spiro atoms. The molecule has 2 aromatic carbocycles. The van der Waals surface area contributed by atoms with Crippen LogP contribution < -0.4 is 10.1 Å². The molecule has 25 heavy (non-hydrogen) atoms. The molecule has 5 heteroatoms. The smallest absolute Gasteiger partial charge is 0.223 e. The average Bonchev–Trinajstić information content (AvgIpc) is 2.60. The van der Waals surface area contributed by atoms with Crippen molar-refractivity contribution in [1.82, 2.24) is 10.2 Å². The Bertz CT molecular complexity index is 649. The second-order valence-electron chi connectivity index (χ2n) is 5.98. The number of ether oxygens (including phenoxy) is 1. The highest BCUT2D eigenvalue weighted by Crippen LogP contribution is 2.17. The van der Waals surface area contributed by atoms with Gasteiger partial charge in [-0.3, -0.25) is 4.79 Å². The minimum atomic E-state index is 0.00717. The summed E-state index contributed by atoms with van der Waals surface area (Å²) in [5, 5.41) is 3.55. The van der Waals surface area contributed by atoms with E-state index in [1.54, 1.807) is 12.1 Å². The number of amides is 1. The lowest BCUT2D eigenvalue weighted by molar-refractivity contribution is -0.121. The summed E-state index contributed by atoms with van der Waals surface area (Å²) >= 11 is 5.88. The summed E-state index contributed by atoms with van der Waals surface area (Å²) in [5.74, 6) is 0.690. The van der Waals surface area contributed by atoms with Crippen molar-refractivity contribution >= 4 is 17.5 Å². The number of hydrogen-bond acceptors (Lipinski definition) is 3. The fraction of sp³-hybridized carbons (Fsp3) is 0.350. The zero-order valence-electron chi connectivity index (χ0n) is 14.6. The van der Waals surface area contributed by atoms with Gasteiger partial charge in [0.1, 0.15) is 5.75 Å². The van der Waals surface area contributed by atoms with Crippen LogP contribution in [0.2, 0.25) is 5.02 Å². The third kappa shape index (κ3) is 8.05. The first-order valence-corrected chi connectivity index (χ1v) is 8.89. The molecule has 0 heterocycles. The van der Waals surface area contributed by atoms with Crippen LogP contribution in [0.1, 0.15) is 18.4 Å². The van der Waals surface area contributed by atoms with Crippen LogP contribution in [-0.2, 0) is 11.3 Å². The Morgan fingerprint density at radius 2 is 1.96 bits per heavy atom. The number of carbonyl (C=O) groups excluding carboxylic acids is 1. The van der Waals surface area contributed by atoms with E-state index in [-0.39, 0.29) is 5.91 Å². The van der Waals surface area contributed by atoms with Gasteiger partial charge in [-0.15, -0.1) is 0 Å². The number of nitrogens with one attached hydrogen (secondary N) is 1. The molecule has 1 amide bonds. The highest BCUT2D eigenvalue weighted by atomic mass is 35.5. The molecule has 0 aliphatic heterocycles. The molecule has 2 rings (SSSR count). The summed E-state index contributed by atoms with van der Waals surface area (Å²) in [6, 6.07) is 17.5. The number of rotatable bonds is 10.